The molecular formula is C16H12F2N2O4S. The zero-order chi connectivity index (χ0) is 18.2. The normalized spacial score (nSPS) is 11.5. The van der Waals surface area contributed by atoms with Crippen LogP contribution >= 0.6 is 0 Å². The zero-order valence-corrected chi connectivity index (χ0v) is 13.7. The van der Waals surface area contributed by atoms with Crippen LogP contribution in [0.4, 0.5) is 20.2 Å². The fourth-order valence-corrected chi connectivity index (χ4v) is 3.51. The van der Waals surface area contributed by atoms with E-state index in [0.29, 0.717) is 11.5 Å². The van der Waals surface area contributed by atoms with Crippen LogP contribution in [-0.4, -0.2) is 15.5 Å². The van der Waals surface area contributed by atoms with Crippen LogP contribution in [0.2, 0.25) is 0 Å². The van der Waals surface area contributed by atoms with Crippen molar-refractivity contribution in [1.82, 2.24) is 0 Å². The molecule has 6 nitrogen and oxygen atoms in total. The number of anilines is 2. The average Bonchev–Trinajstić information content (AvgIpc) is 2.55. The molecule has 0 unspecified atom stereocenters. The summed E-state index contributed by atoms with van der Waals surface area (Å²) >= 11 is 0. The van der Waals surface area contributed by atoms with E-state index >= 15 is 0 Å². The highest BCUT2D eigenvalue weighted by Crippen LogP contribution is 2.30. The molecule has 0 saturated carbocycles. The maximum absolute atomic E-state index is 13.8. The number of hydrogen-bond donors (Lipinski definition) is 2. The summed E-state index contributed by atoms with van der Waals surface area (Å²) in [5.41, 5.74) is -0.912. The van der Waals surface area contributed by atoms with Crippen LogP contribution in [0.3, 0.4) is 0 Å². The van der Waals surface area contributed by atoms with Gasteiger partial charge in [0, 0.05) is 18.5 Å². The summed E-state index contributed by atoms with van der Waals surface area (Å²) in [6.07, 6.45) is 0. The van der Waals surface area contributed by atoms with Crippen LogP contribution in [0, 0.1) is 11.6 Å². The Labute approximate surface area is 141 Å². The van der Waals surface area contributed by atoms with E-state index in [9.17, 15) is 22.0 Å². The quantitative estimate of drug-likeness (QED) is 0.693. The van der Waals surface area contributed by atoms with Crippen LogP contribution in [-0.2, 0) is 10.0 Å². The lowest BCUT2D eigenvalue weighted by Gasteiger charge is -2.13. The Morgan fingerprint density at radius 2 is 1.76 bits per heavy atom. The minimum Gasteiger partial charge on any atom is -0.421 e. The second-order valence-electron chi connectivity index (χ2n) is 5.07. The summed E-state index contributed by atoms with van der Waals surface area (Å²) in [4.78, 5) is 11.4. The molecule has 0 fully saturated rings. The third-order valence-corrected chi connectivity index (χ3v) is 4.87. The van der Waals surface area contributed by atoms with Gasteiger partial charge in [0.1, 0.15) is 22.1 Å². The fourth-order valence-electron chi connectivity index (χ4n) is 2.38. The Morgan fingerprint density at radius 1 is 1.04 bits per heavy atom. The molecule has 130 valence electrons. The van der Waals surface area contributed by atoms with Crippen molar-refractivity contribution in [2.45, 2.75) is 4.90 Å². The molecule has 9 heteroatoms. The number of para-hydroxylation sites is 1. The lowest BCUT2D eigenvalue weighted by molar-refractivity contribution is 0.549. The van der Waals surface area contributed by atoms with Gasteiger partial charge in [0.25, 0.3) is 10.0 Å². The van der Waals surface area contributed by atoms with Gasteiger partial charge in [0.2, 0.25) is 0 Å². The SMILES string of the molecule is CNc1c(NS(=O)(=O)c2ccc(F)cc2F)c(=O)oc2ccccc12. The van der Waals surface area contributed by atoms with E-state index in [-0.39, 0.29) is 11.3 Å². The van der Waals surface area contributed by atoms with Crippen LogP contribution in [0.5, 0.6) is 0 Å². The lowest BCUT2D eigenvalue weighted by atomic mass is 10.2. The average molecular weight is 366 g/mol. The molecule has 2 aromatic carbocycles. The Balaban J connectivity index is 2.17. The van der Waals surface area contributed by atoms with Gasteiger partial charge in [-0.15, -0.1) is 0 Å². The lowest BCUT2D eigenvalue weighted by Crippen LogP contribution is -2.21. The molecule has 0 bridgehead atoms. The predicted octanol–water partition coefficient (Wildman–Crippen LogP) is 2.91. The van der Waals surface area contributed by atoms with Gasteiger partial charge < -0.3 is 9.73 Å². The summed E-state index contributed by atoms with van der Waals surface area (Å²) in [6.45, 7) is 0. The van der Waals surface area contributed by atoms with Crippen LogP contribution in [0.15, 0.2) is 56.6 Å². The van der Waals surface area contributed by atoms with Gasteiger partial charge in [-0.25, -0.2) is 22.0 Å². The Morgan fingerprint density at radius 3 is 2.44 bits per heavy atom. The molecule has 0 atom stereocenters. The van der Waals surface area contributed by atoms with E-state index in [4.69, 9.17) is 4.42 Å². The number of fused-ring (bicyclic) bond motifs is 1. The van der Waals surface area contributed by atoms with E-state index in [2.05, 4.69) is 5.32 Å². The van der Waals surface area contributed by atoms with E-state index in [0.717, 1.165) is 12.1 Å². The van der Waals surface area contributed by atoms with E-state index in [1.807, 2.05) is 4.72 Å². The number of hydrogen-bond acceptors (Lipinski definition) is 5. The van der Waals surface area contributed by atoms with Gasteiger partial charge in [-0.1, -0.05) is 12.1 Å². The Bertz CT molecular complexity index is 1130. The van der Waals surface area contributed by atoms with Crippen molar-refractivity contribution >= 4 is 32.4 Å². The van der Waals surface area contributed by atoms with Crippen LogP contribution < -0.4 is 15.7 Å². The zero-order valence-electron chi connectivity index (χ0n) is 12.8. The second-order valence-corrected chi connectivity index (χ2v) is 6.72. The first-order valence-electron chi connectivity index (χ1n) is 7.05. The molecule has 0 spiro atoms. The first-order chi connectivity index (χ1) is 11.8. The molecule has 0 aliphatic carbocycles. The summed E-state index contributed by atoms with van der Waals surface area (Å²) in [5, 5.41) is 3.20. The number of nitrogens with one attached hydrogen (secondary N) is 2. The minimum absolute atomic E-state index is 0.179. The monoisotopic (exact) mass is 366 g/mol. The predicted molar refractivity (Wildman–Crippen MR) is 89.2 cm³/mol. The summed E-state index contributed by atoms with van der Waals surface area (Å²) in [7, 11) is -2.98. The van der Waals surface area contributed by atoms with E-state index in [1.165, 1.54) is 7.05 Å². The molecule has 2 N–H and O–H groups in total. The van der Waals surface area contributed by atoms with Gasteiger partial charge in [-0.3, -0.25) is 4.72 Å². The number of rotatable bonds is 4. The van der Waals surface area contributed by atoms with Crippen LogP contribution in [0.25, 0.3) is 11.0 Å². The van der Waals surface area contributed by atoms with Crippen molar-refractivity contribution in [1.29, 1.82) is 0 Å². The second kappa shape index (κ2) is 6.17. The molecular weight excluding hydrogens is 354 g/mol. The van der Waals surface area contributed by atoms with Gasteiger partial charge in [0.15, 0.2) is 5.69 Å². The molecule has 0 amide bonds. The number of sulfonamides is 1. The van der Waals surface area contributed by atoms with Gasteiger partial charge in [-0.2, -0.15) is 0 Å². The van der Waals surface area contributed by atoms with Crippen LogP contribution in [0.1, 0.15) is 0 Å². The first kappa shape index (κ1) is 16.9. The molecule has 1 heterocycles. The topological polar surface area (TPSA) is 88.4 Å². The molecule has 3 rings (SSSR count). The molecule has 1 aromatic heterocycles. The highest BCUT2D eigenvalue weighted by Gasteiger charge is 2.24. The molecule has 25 heavy (non-hydrogen) atoms. The third-order valence-electron chi connectivity index (χ3n) is 3.48. The van der Waals surface area contributed by atoms with Gasteiger partial charge in [0.05, 0.1) is 5.69 Å². The highest BCUT2D eigenvalue weighted by atomic mass is 32.2. The van der Waals surface area contributed by atoms with Gasteiger partial charge in [-0.05, 0) is 24.3 Å². The minimum atomic E-state index is -4.48. The largest absolute Gasteiger partial charge is 0.421 e. The molecule has 0 radical (unpaired) electrons. The smallest absolute Gasteiger partial charge is 0.363 e. The maximum Gasteiger partial charge on any atom is 0.363 e. The Kier molecular flexibility index (Phi) is 4.17. The first-order valence-corrected chi connectivity index (χ1v) is 8.53. The van der Waals surface area contributed by atoms with Crippen molar-refractivity contribution in [2.24, 2.45) is 0 Å². The summed E-state index contributed by atoms with van der Waals surface area (Å²) in [6, 6.07) is 8.53. The maximum atomic E-state index is 13.8. The number of halogens is 2. The van der Waals surface area contributed by atoms with Crippen molar-refractivity contribution in [3.05, 3.63) is 64.5 Å². The van der Waals surface area contributed by atoms with Crippen molar-refractivity contribution < 1.29 is 21.6 Å². The molecule has 3 aromatic rings. The van der Waals surface area contributed by atoms with E-state index in [1.54, 1.807) is 24.3 Å². The Hall–Kier alpha value is -2.94. The highest BCUT2D eigenvalue weighted by molar-refractivity contribution is 7.92. The van der Waals surface area contributed by atoms with Crippen molar-refractivity contribution in [3.8, 4) is 0 Å². The van der Waals surface area contributed by atoms with E-state index < -0.39 is 37.9 Å². The molecule has 0 aliphatic heterocycles. The molecule has 0 aliphatic rings. The summed E-state index contributed by atoms with van der Waals surface area (Å²) in [5.74, 6) is -2.19. The van der Waals surface area contributed by atoms with Gasteiger partial charge >= 0.3 is 5.63 Å². The standard InChI is InChI=1S/C16H12F2N2O4S/c1-19-14-10-4-2-3-5-12(10)24-16(21)15(14)20-25(22,23)13-7-6-9(17)8-11(13)18/h2-8,19-20H,1H3. The van der Waals surface area contributed by atoms with Crippen molar-refractivity contribution in [2.75, 3.05) is 17.1 Å². The fraction of sp³-hybridized carbons (Fsp3) is 0.0625. The number of benzene rings is 2. The molecule has 0 saturated heterocycles. The summed E-state index contributed by atoms with van der Waals surface area (Å²) < 4.78 is 58.7. The van der Waals surface area contributed by atoms with Crippen molar-refractivity contribution in [3.63, 3.8) is 0 Å². The third kappa shape index (κ3) is 3.05.